The van der Waals surface area contributed by atoms with Gasteiger partial charge >= 0.3 is 0 Å². The molecule has 0 N–H and O–H groups in total. The molecule has 0 bridgehead atoms. The van der Waals surface area contributed by atoms with E-state index in [4.69, 9.17) is 0 Å². The molecule has 3 nitrogen and oxygen atoms in total. The molecular weight excluding hydrogens is 470 g/mol. The van der Waals surface area contributed by atoms with Crippen LogP contribution in [0.3, 0.4) is 0 Å². The van der Waals surface area contributed by atoms with E-state index < -0.39 is 0 Å². The van der Waals surface area contributed by atoms with Crippen molar-refractivity contribution in [2.75, 3.05) is 4.90 Å². The molecular formula is C30H21NO2S2. The van der Waals surface area contributed by atoms with Crippen LogP contribution in [0.2, 0.25) is 0 Å². The predicted octanol–water partition coefficient (Wildman–Crippen LogP) is 8.49. The van der Waals surface area contributed by atoms with Gasteiger partial charge in [0.15, 0.2) is 11.6 Å². The molecule has 0 radical (unpaired) electrons. The lowest BCUT2D eigenvalue weighted by Gasteiger charge is -2.31. The van der Waals surface area contributed by atoms with Crippen LogP contribution in [-0.4, -0.2) is 11.6 Å². The van der Waals surface area contributed by atoms with Gasteiger partial charge in [0.1, 0.15) is 5.00 Å². The minimum absolute atomic E-state index is 0.194. The highest BCUT2D eigenvalue weighted by Crippen LogP contribution is 2.52. The Morgan fingerprint density at radius 2 is 1.43 bits per heavy atom. The van der Waals surface area contributed by atoms with Gasteiger partial charge in [0.2, 0.25) is 0 Å². The number of hydrogen-bond donors (Lipinski definition) is 0. The number of aryl methyl sites for hydroxylation is 1. The first-order chi connectivity index (χ1) is 17.0. The molecule has 0 spiro atoms. The summed E-state index contributed by atoms with van der Waals surface area (Å²) in [4.78, 5) is 31.9. The van der Waals surface area contributed by atoms with Crippen LogP contribution in [0.4, 0.5) is 16.4 Å². The third kappa shape index (κ3) is 3.59. The molecule has 4 aromatic rings. The molecule has 0 saturated carbocycles. The van der Waals surface area contributed by atoms with Gasteiger partial charge in [-0.25, -0.2) is 0 Å². The second-order valence-electron chi connectivity index (χ2n) is 8.52. The Kier molecular flexibility index (Phi) is 5.32. The first kappa shape index (κ1) is 21.8. The van der Waals surface area contributed by atoms with Crippen molar-refractivity contribution in [1.82, 2.24) is 0 Å². The summed E-state index contributed by atoms with van der Waals surface area (Å²) in [6.07, 6.45) is 5.66. The van der Waals surface area contributed by atoms with E-state index in [9.17, 15) is 9.59 Å². The molecule has 0 unspecified atom stereocenters. The Labute approximate surface area is 212 Å². The number of benzene rings is 3. The number of thiophene rings is 1. The van der Waals surface area contributed by atoms with E-state index in [1.807, 2.05) is 56.3 Å². The van der Waals surface area contributed by atoms with Crippen LogP contribution in [0.25, 0.3) is 12.2 Å². The molecule has 1 aliphatic carbocycles. The summed E-state index contributed by atoms with van der Waals surface area (Å²) >= 11 is 3.35. The number of ketones is 2. The number of fused-ring (bicyclic) bond motifs is 3. The van der Waals surface area contributed by atoms with Crippen molar-refractivity contribution in [3.63, 3.8) is 0 Å². The summed E-state index contributed by atoms with van der Waals surface area (Å²) in [5, 5.41) is 1.04. The minimum Gasteiger partial charge on any atom is -0.300 e. The van der Waals surface area contributed by atoms with Crippen molar-refractivity contribution in [3.8, 4) is 0 Å². The zero-order valence-corrected chi connectivity index (χ0v) is 20.9. The summed E-state index contributed by atoms with van der Waals surface area (Å²) < 4.78 is 0. The molecule has 0 atom stereocenters. The lowest BCUT2D eigenvalue weighted by Crippen LogP contribution is -2.13. The molecule has 6 rings (SSSR count). The van der Waals surface area contributed by atoms with Gasteiger partial charge in [-0.2, -0.15) is 0 Å². The molecule has 5 heteroatoms. The van der Waals surface area contributed by atoms with E-state index in [-0.39, 0.29) is 17.1 Å². The molecule has 35 heavy (non-hydrogen) atoms. The Morgan fingerprint density at radius 1 is 0.800 bits per heavy atom. The van der Waals surface area contributed by atoms with Gasteiger partial charge in [0.05, 0.1) is 16.9 Å². The second kappa shape index (κ2) is 8.52. The maximum atomic E-state index is 13.2. The maximum Gasteiger partial charge on any atom is 0.197 e. The summed E-state index contributed by atoms with van der Waals surface area (Å²) in [5.74, 6) is -0.393. The van der Waals surface area contributed by atoms with Crippen LogP contribution in [-0.2, 0) is 0 Å². The zero-order chi connectivity index (χ0) is 24.1. The standard InChI is InChI=1S/C30H21NO2S2/c1-3-8-19-16-22-21(15-18(19)2)29(32)23(30(22)33)17-20-13-14-28(34-20)31-24-9-4-6-11-26(24)35-27-12-7-5-10-25(27)31/h3-17H,1-2H3/b8-3-,23-17-. The van der Waals surface area contributed by atoms with Gasteiger partial charge in [0.25, 0.3) is 0 Å². The maximum absolute atomic E-state index is 13.2. The van der Waals surface area contributed by atoms with Crippen molar-refractivity contribution >= 4 is 63.2 Å². The summed E-state index contributed by atoms with van der Waals surface area (Å²) in [5.41, 5.74) is 5.44. The topological polar surface area (TPSA) is 37.4 Å². The van der Waals surface area contributed by atoms with E-state index >= 15 is 0 Å². The third-order valence-electron chi connectivity index (χ3n) is 6.28. The van der Waals surface area contributed by atoms with Crippen LogP contribution < -0.4 is 4.90 Å². The number of Topliss-reactive ketones (excluding diaryl/α,β-unsaturated/α-hetero) is 2. The van der Waals surface area contributed by atoms with E-state index in [0.29, 0.717) is 11.1 Å². The summed E-state index contributed by atoms with van der Waals surface area (Å²) in [6.45, 7) is 3.91. The van der Waals surface area contributed by atoms with Crippen molar-refractivity contribution in [2.45, 2.75) is 23.6 Å². The lowest BCUT2D eigenvalue weighted by atomic mass is 10.0. The Hall–Kier alpha value is -3.67. The monoisotopic (exact) mass is 491 g/mol. The molecule has 0 saturated heterocycles. The Balaban J connectivity index is 1.40. The van der Waals surface area contributed by atoms with Gasteiger partial charge in [-0.1, -0.05) is 48.2 Å². The number of carbonyl (C=O) groups excluding carboxylic acids is 2. The number of para-hydroxylation sites is 2. The predicted molar refractivity (Wildman–Crippen MR) is 146 cm³/mol. The van der Waals surface area contributed by atoms with Gasteiger partial charge in [-0.15, -0.1) is 11.3 Å². The Morgan fingerprint density at radius 3 is 2.09 bits per heavy atom. The average Bonchev–Trinajstić information content (AvgIpc) is 3.42. The normalized spacial score (nSPS) is 15.6. The van der Waals surface area contributed by atoms with Crippen LogP contribution >= 0.6 is 23.1 Å². The van der Waals surface area contributed by atoms with Crippen LogP contribution in [0, 0.1) is 6.92 Å². The first-order valence-corrected chi connectivity index (χ1v) is 13.0. The smallest absolute Gasteiger partial charge is 0.197 e. The van der Waals surface area contributed by atoms with Crippen LogP contribution in [0.1, 0.15) is 43.6 Å². The fourth-order valence-corrected chi connectivity index (χ4v) is 6.64. The number of hydrogen-bond acceptors (Lipinski definition) is 5. The van der Waals surface area contributed by atoms with Gasteiger partial charge in [-0.3, -0.25) is 14.5 Å². The van der Waals surface area contributed by atoms with Crippen molar-refractivity contribution < 1.29 is 9.59 Å². The fourth-order valence-electron chi connectivity index (χ4n) is 4.61. The molecule has 170 valence electrons. The van der Waals surface area contributed by atoms with E-state index in [2.05, 4.69) is 47.4 Å². The highest BCUT2D eigenvalue weighted by atomic mass is 32.2. The average molecular weight is 492 g/mol. The van der Waals surface area contributed by atoms with Crippen molar-refractivity contribution in [2.24, 2.45) is 0 Å². The molecule has 2 heterocycles. The molecule has 3 aromatic carbocycles. The molecule has 1 aliphatic heterocycles. The number of nitrogens with zero attached hydrogens (tertiary/aromatic N) is 1. The number of rotatable bonds is 3. The lowest BCUT2D eigenvalue weighted by molar-refractivity contribution is 0.0990. The van der Waals surface area contributed by atoms with Crippen molar-refractivity contribution in [1.29, 1.82) is 0 Å². The third-order valence-corrected chi connectivity index (χ3v) is 8.43. The zero-order valence-electron chi connectivity index (χ0n) is 19.2. The first-order valence-electron chi connectivity index (χ1n) is 11.4. The second-order valence-corrected chi connectivity index (χ2v) is 10.7. The van der Waals surface area contributed by atoms with E-state index in [1.54, 1.807) is 29.2 Å². The molecule has 0 amide bonds. The Bertz CT molecular complexity index is 1550. The van der Waals surface area contributed by atoms with Crippen LogP contribution in [0.15, 0.2) is 94.2 Å². The summed E-state index contributed by atoms with van der Waals surface area (Å²) in [6, 6.07) is 24.5. The minimum atomic E-state index is -0.198. The molecule has 2 aliphatic rings. The van der Waals surface area contributed by atoms with Gasteiger partial charge in [-0.05, 0) is 79.6 Å². The van der Waals surface area contributed by atoms with E-state index in [0.717, 1.165) is 32.4 Å². The molecule has 0 fully saturated rings. The highest BCUT2D eigenvalue weighted by molar-refractivity contribution is 7.99. The fraction of sp³-hybridized carbons (Fsp3) is 0.0667. The number of allylic oxidation sites excluding steroid dienone is 2. The van der Waals surface area contributed by atoms with Crippen LogP contribution in [0.5, 0.6) is 0 Å². The summed E-state index contributed by atoms with van der Waals surface area (Å²) in [7, 11) is 0. The quantitative estimate of drug-likeness (QED) is 0.187. The highest BCUT2D eigenvalue weighted by Gasteiger charge is 2.34. The number of carbonyl (C=O) groups is 2. The van der Waals surface area contributed by atoms with Gasteiger partial charge < -0.3 is 0 Å². The van der Waals surface area contributed by atoms with Gasteiger partial charge in [0, 0.05) is 25.8 Å². The molecule has 1 aromatic heterocycles. The number of anilines is 3. The SMILES string of the molecule is C/C=C\c1cc2c(cc1C)C(=O)/C(=C/c1ccc(N3c4ccccc4Sc4ccccc43)s1)C2=O. The van der Waals surface area contributed by atoms with E-state index in [1.165, 1.54) is 9.79 Å². The van der Waals surface area contributed by atoms with Crippen molar-refractivity contribution in [3.05, 3.63) is 112 Å². The largest absolute Gasteiger partial charge is 0.300 e.